The number of aromatic nitrogens is 1. The number of amides is 2. The molecule has 0 aliphatic carbocycles. The van der Waals surface area contributed by atoms with Crippen LogP contribution in [0, 0.1) is 6.92 Å². The summed E-state index contributed by atoms with van der Waals surface area (Å²) >= 11 is 5.94. The van der Waals surface area contributed by atoms with Crippen LogP contribution in [0.15, 0.2) is 53.3 Å². The Morgan fingerprint density at radius 1 is 1.22 bits per heavy atom. The molecule has 0 aliphatic rings. The highest BCUT2D eigenvalue weighted by atomic mass is 35.5. The number of anilines is 1. The van der Waals surface area contributed by atoms with Crippen molar-refractivity contribution in [3.05, 3.63) is 75.0 Å². The van der Waals surface area contributed by atoms with Gasteiger partial charge in [0, 0.05) is 22.8 Å². The first-order chi connectivity index (χ1) is 13.0. The fourth-order valence-electron chi connectivity index (χ4n) is 2.89. The van der Waals surface area contributed by atoms with Crippen LogP contribution >= 0.6 is 11.6 Å². The molecule has 2 amide bonds. The number of aromatic amines is 1. The van der Waals surface area contributed by atoms with Gasteiger partial charge in [0.15, 0.2) is 0 Å². The van der Waals surface area contributed by atoms with Crippen molar-refractivity contribution in [2.45, 2.75) is 13.5 Å². The standard InChI is InChI=1S/C20H20ClN3O3/c1-13-4-2-5-14-10-15(19(26)23-18(13)14)12-24(8-9-25)20(27)22-17-7-3-6-16(21)11-17/h2-7,10-11,25H,8-9,12H2,1H3,(H,22,27)(H,23,26). The number of hydrogen-bond donors (Lipinski definition) is 3. The van der Waals surface area contributed by atoms with E-state index in [0.29, 0.717) is 16.3 Å². The number of para-hydroxylation sites is 1. The van der Waals surface area contributed by atoms with Crippen molar-refractivity contribution in [1.29, 1.82) is 0 Å². The summed E-state index contributed by atoms with van der Waals surface area (Å²) in [6.07, 6.45) is 0. The summed E-state index contributed by atoms with van der Waals surface area (Å²) in [5, 5.41) is 13.5. The molecule has 6 nitrogen and oxygen atoms in total. The zero-order valence-corrected chi connectivity index (χ0v) is 15.6. The highest BCUT2D eigenvalue weighted by molar-refractivity contribution is 6.30. The van der Waals surface area contributed by atoms with Crippen molar-refractivity contribution in [3.8, 4) is 0 Å². The number of aliphatic hydroxyl groups excluding tert-OH is 1. The third-order valence-electron chi connectivity index (χ3n) is 4.26. The minimum atomic E-state index is -0.421. The van der Waals surface area contributed by atoms with E-state index in [-0.39, 0.29) is 25.3 Å². The lowest BCUT2D eigenvalue weighted by Gasteiger charge is -2.22. The summed E-state index contributed by atoms with van der Waals surface area (Å²) in [6, 6.07) is 13.9. The van der Waals surface area contributed by atoms with Gasteiger partial charge in [0.1, 0.15) is 0 Å². The molecule has 2 aromatic carbocycles. The third kappa shape index (κ3) is 4.48. The van der Waals surface area contributed by atoms with Gasteiger partial charge < -0.3 is 20.3 Å². The van der Waals surface area contributed by atoms with Crippen LogP contribution in [0.1, 0.15) is 11.1 Å². The van der Waals surface area contributed by atoms with Gasteiger partial charge >= 0.3 is 6.03 Å². The maximum absolute atomic E-state index is 12.6. The fraction of sp³-hybridized carbons (Fsp3) is 0.200. The SMILES string of the molecule is Cc1cccc2cc(CN(CCO)C(=O)Nc3cccc(Cl)c3)c(=O)[nH]c12. The number of aliphatic hydroxyl groups is 1. The molecule has 1 aromatic heterocycles. The van der Waals surface area contributed by atoms with Gasteiger partial charge in [-0.05, 0) is 42.1 Å². The first-order valence-electron chi connectivity index (χ1n) is 8.52. The summed E-state index contributed by atoms with van der Waals surface area (Å²) in [5.41, 5.74) is 2.49. The van der Waals surface area contributed by atoms with Crippen molar-refractivity contribution < 1.29 is 9.90 Å². The summed E-state index contributed by atoms with van der Waals surface area (Å²) in [4.78, 5) is 29.3. The first kappa shape index (κ1) is 18.9. The van der Waals surface area contributed by atoms with E-state index in [4.69, 9.17) is 11.6 Å². The van der Waals surface area contributed by atoms with Gasteiger partial charge in [-0.1, -0.05) is 35.9 Å². The van der Waals surface area contributed by atoms with Crippen LogP contribution in [-0.4, -0.2) is 34.2 Å². The molecule has 0 bridgehead atoms. The van der Waals surface area contributed by atoms with Crippen LogP contribution in [-0.2, 0) is 6.54 Å². The molecule has 1 heterocycles. The van der Waals surface area contributed by atoms with E-state index in [0.717, 1.165) is 16.5 Å². The summed E-state index contributed by atoms with van der Waals surface area (Å²) in [5.74, 6) is 0. The van der Waals surface area contributed by atoms with Crippen LogP contribution in [0.5, 0.6) is 0 Å². The largest absolute Gasteiger partial charge is 0.395 e. The Kier molecular flexibility index (Phi) is 5.78. The molecule has 3 aromatic rings. The predicted molar refractivity (Wildman–Crippen MR) is 107 cm³/mol. The zero-order valence-electron chi connectivity index (χ0n) is 14.8. The lowest BCUT2D eigenvalue weighted by atomic mass is 10.1. The number of urea groups is 1. The number of aryl methyl sites for hydroxylation is 1. The summed E-state index contributed by atoms with van der Waals surface area (Å²) < 4.78 is 0. The van der Waals surface area contributed by atoms with E-state index >= 15 is 0 Å². The van der Waals surface area contributed by atoms with Crippen LogP contribution in [0.4, 0.5) is 10.5 Å². The maximum Gasteiger partial charge on any atom is 0.322 e. The number of fused-ring (bicyclic) bond motifs is 1. The molecule has 3 N–H and O–H groups in total. The molecule has 0 saturated heterocycles. The van der Waals surface area contributed by atoms with Gasteiger partial charge in [0.25, 0.3) is 5.56 Å². The number of nitrogens with zero attached hydrogens (tertiary/aromatic N) is 1. The Labute approximate surface area is 161 Å². The number of pyridine rings is 1. The first-order valence-corrected chi connectivity index (χ1v) is 8.89. The molecule has 3 rings (SSSR count). The van der Waals surface area contributed by atoms with Crippen LogP contribution in [0.3, 0.4) is 0 Å². The number of carbonyl (C=O) groups is 1. The Hall–Kier alpha value is -2.83. The number of H-pyrrole nitrogens is 1. The summed E-state index contributed by atoms with van der Waals surface area (Å²) in [7, 11) is 0. The van der Waals surface area contributed by atoms with Crippen molar-refractivity contribution in [2.24, 2.45) is 0 Å². The van der Waals surface area contributed by atoms with E-state index in [1.54, 1.807) is 30.3 Å². The van der Waals surface area contributed by atoms with Crippen LogP contribution < -0.4 is 10.9 Å². The zero-order chi connectivity index (χ0) is 19.4. The van der Waals surface area contributed by atoms with Crippen molar-refractivity contribution in [3.63, 3.8) is 0 Å². The second kappa shape index (κ2) is 8.24. The quantitative estimate of drug-likeness (QED) is 0.628. The number of rotatable bonds is 5. The van der Waals surface area contributed by atoms with Gasteiger partial charge in [-0.15, -0.1) is 0 Å². The lowest BCUT2D eigenvalue weighted by molar-refractivity contribution is 0.185. The van der Waals surface area contributed by atoms with E-state index < -0.39 is 6.03 Å². The molecule has 27 heavy (non-hydrogen) atoms. The average molecular weight is 386 g/mol. The second-order valence-corrected chi connectivity index (χ2v) is 6.68. The molecular formula is C20H20ClN3O3. The van der Waals surface area contributed by atoms with E-state index in [1.165, 1.54) is 4.90 Å². The summed E-state index contributed by atoms with van der Waals surface area (Å²) in [6.45, 7) is 1.88. The molecule has 0 atom stereocenters. The molecule has 0 spiro atoms. The predicted octanol–water partition coefficient (Wildman–Crippen LogP) is 3.52. The Morgan fingerprint density at radius 3 is 2.74 bits per heavy atom. The number of nitrogens with one attached hydrogen (secondary N) is 2. The minimum Gasteiger partial charge on any atom is -0.395 e. The Morgan fingerprint density at radius 2 is 2.00 bits per heavy atom. The van der Waals surface area contributed by atoms with E-state index in [2.05, 4.69) is 10.3 Å². The van der Waals surface area contributed by atoms with Gasteiger partial charge in [-0.3, -0.25) is 4.79 Å². The van der Waals surface area contributed by atoms with Crippen molar-refractivity contribution >= 4 is 34.2 Å². The van der Waals surface area contributed by atoms with Crippen LogP contribution in [0.25, 0.3) is 10.9 Å². The topological polar surface area (TPSA) is 85.4 Å². The maximum atomic E-state index is 12.6. The average Bonchev–Trinajstić information content (AvgIpc) is 2.63. The molecule has 140 valence electrons. The van der Waals surface area contributed by atoms with Crippen LogP contribution in [0.2, 0.25) is 5.02 Å². The molecule has 0 fully saturated rings. The molecule has 0 aliphatic heterocycles. The van der Waals surface area contributed by atoms with Gasteiger partial charge in [-0.25, -0.2) is 4.79 Å². The Balaban J connectivity index is 1.85. The van der Waals surface area contributed by atoms with Crippen molar-refractivity contribution in [1.82, 2.24) is 9.88 Å². The number of benzene rings is 2. The molecule has 0 saturated carbocycles. The monoisotopic (exact) mass is 385 g/mol. The number of carbonyl (C=O) groups excluding carboxylic acids is 1. The molecule has 0 radical (unpaired) electrons. The molecule has 7 heteroatoms. The van der Waals surface area contributed by atoms with Gasteiger partial charge in [0.2, 0.25) is 0 Å². The van der Waals surface area contributed by atoms with Crippen molar-refractivity contribution in [2.75, 3.05) is 18.5 Å². The number of hydrogen-bond acceptors (Lipinski definition) is 3. The van der Waals surface area contributed by atoms with Gasteiger partial charge in [0.05, 0.1) is 18.7 Å². The minimum absolute atomic E-state index is 0.0756. The van der Waals surface area contributed by atoms with E-state index in [1.807, 2.05) is 25.1 Å². The fourth-order valence-corrected chi connectivity index (χ4v) is 3.08. The highest BCUT2D eigenvalue weighted by Crippen LogP contribution is 2.17. The smallest absolute Gasteiger partial charge is 0.322 e. The lowest BCUT2D eigenvalue weighted by Crippen LogP contribution is -2.38. The highest BCUT2D eigenvalue weighted by Gasteiger charge is 2.16. The Bertz CT molecular complexity index is 1030. The molecular weight excluding hydrogens is 366 g/mol. The third-order valence-corrected chi connectivity index (χ3v) is 4.49. The normalized spacial score (nSPS) is 10.8. The second-order valence-electron chi connectivity index (χ2n) is 6.25. The number of halogens is 1. The molecule has 0 unspecified atom stereocenters. The van der Waals surface area contributed by atoms with E-state index in [9.17, 15) is 14.7 Å². The van der Waals surface area contributed by atoms with Gasteiger partial charge in [-0.2, -0.15) is 0 Å².